The first-order chi connectivity index (χ1) is 12.2. The van der Waals surface area contributed by atoms with Crippen LogP contribution in [-0.2, 0) is 11.3 Å². The molecule has 3 rings (SSSR count). The SMILES string of the molecule is COC(=O)c1cc(CNC(c2ccccc2)c2ccccc2)oc1C. The Kier molecular flexibility index (Phi) is 5.31. The molecule has 0 amide bonds. The van der Waals surface area contributed by atoms with Gasteiger partial charge in [-0.2, -0.15) is 0 Å². The lowest BCUT2D eigenvalue weighted by Crippen LogP contribution is -2.21. The fourth-order valence-corrected chi connectivity index (χ4v) is 2.87. The van der Waals surface area contributed by atoms with Crippen molar-refractivity contribution in [3.8, 4) is 0 Å². The second-order valence-electron chi connectivity index (χ2n) is 5.81. The summed E-state index contributed by atoms with van der Waals surface area (Å²) < 4.78 is 10.5. The van der Waals surface area contributed by atoms with E-state index in [1.54, 1.807) is 13.0 Å². The second kappa shape index (κ2) is 7.81. The summed E-state index contributed by atoms with van der Waals surface area (Å²) in [5, 5.41) is 3.52. The average Bonchev–Trinajstić information content (AvgIpc) is 3.04. The van der Waals surface area contributed by atoms with Crippen molar-refractivity contribution in [2.45, 2.75) is 19.5 Å². The number of benzene rings is 2. The number of hydrogen-bond donors (Lipinski definition) is 1. The highest BCUT2D eigenvalue weighted by Gasteiger charge is 2.17. The molecule has 4 heteroatoms. The van der Waals surface area contributed by atoms with Crippen LogP contribution in [0.2, 0.25) is 0 Å². The predicted octanol–water partition coefficient (Wildman–Crippen LogP) is 4.25. The average molecular weight is 335 g/mol. The van der Waals surface area contributed by atoms with Crippen LogP contribution in [0.5, 0.6) is 0 Å². The normalized spacial score (nSPS) is 10.8. The molecule has 1 heterocycles. The lowest BCUT2D eigenvalue weighted by atomic mass is 9.99. The molecule has 3 aromatic rings. The molecule has 0 unspecified atom stereocenters. The third kappa shape index (κ3) is 3.98. The Labute approximate surface area is 147 Å². The van der Waals surface area contributed by atoms with Crippen molar-refractivity contribution in [1.29, 1.82) is 0 Å². The van der Waals surface area contributed by atoms with Crippen molar-refractivity contribution in [3.05, 3.63) is 94.9 Å². The zero-order chi connectivity index (χ0) is 17.6. The first kappa shape index (κ1) is 17.0. The summed E-state index contributed by atoms with van der Waals surface area (Å²) in [5.74, 6) is 0.893. The van der Waals surface area contributed by atoms with Crippen LogP contribution < -0.4 is 5.32 Å². The molecule has 0 spiro atoms. The minimum absolute atomic E-state index is 0.0365. The van der Waals surface area contributed by atoms with E-state index in [0.717, 1.165) is 0 Å². The number of hydrogen-bond acceptors (Lipinski definition) is 4. The zero-order valence-corrected chi connectivity index (χ0v) is 14.4. The Hall–Kier alpha value is -2.85. The van der Waals surface area contributed by atoms with Crippen molar-refractivity contribution in [1.82, 2.24) is 5.32 Å². The molecule has 0 saturated carbocycles. The van der Waals surface area contributed by atoms with E-state index in [0.29, 0.717) is 23.6 Å². The van der Waals surface area contributed by atoms with Gasteiger partial charge in [-0.1, -0.05) is 60.7 Å². The maximum absolute atomic E-state index is 11.7. The van der Waals surface area contributed by atoms with E-state index in [1.165, 1.54) is 18.2 Å². The van der Waals surface area contributed by atoms with Gasteiger partial charge < -0.3 is 9.15 Å². The van der Waals surface area contributed by atoms with Crippen molar-refractivity contribution >= 4 is 5.97 Å². The summed E-state index contributed by atoms with van der Waals surface area (Å²) >= 11 is 0. The quantitative estimate of drug-likeness (QED) is 0.684. The van der Waals surface area contributed by atoms with Crippen LogP contribution >= 0.6 is 0 Å². The number of ether oxygens (including phenoxy) is 1. The summed E-state index contributed by atoms with van der Waals surface area (Å²) in [4.78, 5) is 11.7. The minimum Gasteiger partial charge on any atom is -0.465 e. The summed E-state index contributed by atoms with van der Waals surface area (Å²) in [7, 11) is 1.37. The largest absolute Gasteiger partial charge is 0.465 e. The molecule has 0 saturated heterocycles. The maximum atomic E-state index is 11.7. The number of nitrogens with one attached hydrogen (secondary N) is 1. The molecule has 1 aromatic heterocycles. The van der Waals surface area contributed by atoms with Crippen LogP contribution in [0, 0.1) is 6.92 Å². The predicted molar refractivity (Wildman–Crippen MR) is 96.4 cm³/mol. The highest BCUT2D eigenvalue weighted by molar-refractivity contribution is 5.90. The van der Waals surface area contributed by atoms with E-state index in [-0.39, 0.29) is 12.0 Å². The van der Waals surface area contributed by atoms with Crippen LogP contribution in [0.4, 0.5) is 0 Å². The van der Waals surface area contributed by atoms with E-state index in [2.05, 4.69) is 29.6 Å². The van der Waals surface area contributed by atoms with Gasteiger partial charge in [0.25, 0.3) is 0 Å². The van der Waals surface area contributed by atoms with Gasteiger partial charge in [0, 0.05) is 0 Å². The van der Waals surface area contributed by atoms with Crippen LogP contribution in [-0.4, -0.2) is 13.1 Å². The second-order valence-corrected chi connectivity index (χ2v) is 5.81. The van der Waals surface area contributed by atoms with Gasteiger partial charge in [-0.3, -0.25) is 5.32 Å². The topological polar surface area (TPSA) is 51.5 Å². The monoisotopic (exact) mass is 335 g/mol. The van der Waals surface area contributed by atoms with Gasteiger partial charge in [0.15, 0.2) is 0 Å². The van der Waals surface area contributed by atoms with Gasteiger partial charge in [-0.25, -0.2) is 4.79 Å². The van der Waals surface area contributed by atoms with Gasteiger partial charge in [-0.05, 0) is 24.1 Å². The molecule has 0 atom stereocenters. The Balaban J connectivity index is 1.81. The molecule has 0 radical (unpaired) electrons. The van der Waals surface area contributed by atoms with Crippen molar-refractivity contribution < 1.29 is 13.9 Å². The molecule has 128 valence electrons. The number of methoxy groups -OCH3 is 1. The number of aryl methyl sites for hydroxylation is 1. The fraction of sp³-hybridized carbons (Fsp3) is 0.190. The number of esters is 1. The van der Waals surface area contributed by atoms with E-state index in [9.17, 15) is 4.79 Å². The Morgan fingerprint density at radius 3 is 2.12 bits per heavy atom. The van der Waals surface area contributed by atoms with Crippen LogP contribution in [0.15, 0.2) is 71.1 Å². The molecule has 2 aromatic carbocycles. The lowest BCUT2D eigenvalue weighted by molar-refractivity contribution is 0.0599. The minimum atomic E-state index is -0.379. The molecule has 0 fully saturated rings. The van der Waals surface area contributed by atoms with Crippen molar-refractivity contribution in [3.63, 3.8) is 0 Å². The lowest BCUT2D eigenvalue weighted by Gasteiger charge is -2.19. The van der Waals surface area contributed by atoms with E-state index >= 15 is 0 Å². The van der Waals surface area contributed by atoms with Gasteiger partial charge >= 0.3 is 5.97 Å². The molecule has 0 aliphatic rings. The molecule has 1 N–H and O–H groups in total. The highest BCUT2D eigenvalue weighted by Crippen LogP contribution is 2.23. The van der Waals surface area contributed by atoms with Crippen molar-refractivity contribution in [2.24, 2.45) is 0 Å². The summed E-state index contributed by atoms with van der Waals surface area (Å²) in [6.07, 6.45) is 0. The Morgan fingerprint density at radius 2 is 1.60 bits per heavy atom. The third-order valence-electron chi connectivity index (χ3n) is 4.12. The van der Waals surface area contributed by atoms with Crippen LogP contribution in [0.3, 0.4) is 0 Å². The van der Waals surface area contributed by atoms with Crippen molar-refractivity contribution in [2.75, 3.05) is 7.11 Å². The van der Waals surface area contributed by atoms with Gasteiger partial charge in [0.05, 0.1) is 19.7 Å². The number of furan rings is 1. The molecular weight excluding hydrogens is 314 g/mol. The first-order valence-corrected chi connectivity index (χ1v) is 8.20. The van der Waals surface area contributed by atoms with Crippen LogP contribution in [0.1, 0.15) is 39.0 Å². The molecule has 25 heavy (non-hydrogen) atoms. The summed E-state index contributed by atoms with van der Waals surface area (Å²) in [5.41, 5.74) is 2.81. The van der Waals surface area contributed by atoms with Gasteiger partial charge in [0.1, 0.15) is 17.1 Å². The number of rotatable bonds is 6. The third-order valence-corrected chi connectivity index (χ3v) is 4.12. The van der Waals surface area contributed by atoms with E-state index < -0.39 is 0 Å². The van der Waals surface area contributed by atoms with Gasteiger partial charge in [-0.15, -0.1) is 0 Å². The van der Waals surface area contributed by atoms with Gasteiger partial charge in [0.2, 0.25) is 0 Å². The smallest absolute Gasteiger partial charge is 0.341 e. The molecule has 0 bridgehead atoms. The van der Waals surface area contributed by atoms with E-state index in [4.69, 9.17) is 9.15 Å². The molecule has 4 nitrogen and oxygen atoms in total. The van der Waals surface area contributed by atoms with Crippen LogP contribution in [0.25, 0.3) is 0 Å². The fourth-order valence-electron chi connectivity index (χ4n) is 2.87. The Bertz CT molecular complexity index is 785. The van der Waals surface area contributed by atoms with E-state index in [1.807, 2.05) is 36.4 Å². The zero-order valence-electron chi connectivity index (χ0n) is 14.4. The molecule has 0 aliphatic heterocycles. The number of carbonyl (C=O) groups excluding carboxylic acids is 1. The summed E-state index contributed by atoms with van der Waals surface area (Å²) in [6, 6.07) is 22.3. The Morgan fingerprint density at radius 1 is 1.04 bits per heavy atom. The molecular formula is C21H21NO3. The highest BCUT2D eigenvalue weighted by atomic mass is 16.5. The summed E-state index contributed by atoms with van der Waals surface area (Å²) in [6.45, 7) is 2.27. The molecule has 0 aliphatic carbocycles. The number of carbonyl (C=O) groups is 1. The maximum Gasteiger partial charge on any atom is 0.341 e. The standard InChI is InChI=1S/C21H21NO3/c1-15-19(21(23)24-2)13-18(25-15)14-22-20(16-9-5-3-6-10-16)17-11-7-4-8-12-17/h3-13,20,22H,14H2,1-2H3. The first-order valence-electron chi connectivity index (χ1n) is 8.20.